The van der Waals surface area contributed by atoms with Crippen LogP contribution in [0.25, 0.3) is 10.1 Å². The summed E-state index contributed by atoms with van der Waals surface area (Å²) < 4.78 is 14.2. The summed E-state index contributed by atoms with van der Waals surface area (Å²) in [6, 6.07) is 13.9. The van der Waals surface area contributed by atoms with Crippen molar-refractivity contribution in [2.75, 3.05) is 0 Å². The number of benzene rings is 2. The maximum absolute atomic E-state index is 13.2. The molecule has 18 heavy (non-hydrogen) atoms. The van der Waals surface area contributed by atoms with E-state index in [9.17, 15) is 9.50 Å². The highest BCUT2D eigenvalue weighted by molar-refractivity contribution is 7.17. The van der Waals surface area contributed by atoms with Crippen LogP contribution in [0.15, 0.2) is 53.9 Å². The molecule has 0 bridgehead atoms. The third kappa shape index (κ3) is 1.92. The second-order valence-electron chi connectivity index (χ2n) is 4.14. The van der Waals surface area contributed by atoms with E-state index in [-0.39, 0.29) is 5.82 Å². The second kappa shape index (κ2) is 4.52. The van der Waals surface area contributed by atoms with Crippen LogP contribution in [0.5, 0.6) is 0 Å². The molecule has 3 aromatic rings. The molecule has 3 rings (SSSR count). The zero-order chi connectivity index (χ0) is 12.5. The number of halogens is 1. The first kappa shape index (κ1) is 11.4. The van der Waals surface area contributed by atoms with E-state index < -0.39 is 6.10 Å². The number of hydrogen-bond donors (Lipinski definition) is 1. The van der Waals surface area contributed by atoms with E-state index in [1.165, 1.54) is 12.1 Å². The second-order valence-corrected chi connectivity index (χ2v) is 5.06. The Balaban J connectivity index is 2.12. The number of rotatable bonds is 2. The van der Waals surface area contributed by atoms with E-state index in [1.54, 1.807) is 23.5 Å². The molecule has 0 fully saturated rings. The van der Waals surface area contributed by atoms with Crippen molar-refractivity contribution in [1.82, 2.24) is 0 Å². The van der Waals surface area contributed by atoms with Gasteiger partial charge < -0.3 is 5.11 Å². The van der Waals surface area contributed by atoms with Crippen LogP contribution in [0, 0.1) is 5.82 Å². The van der Waals surface area contributed by atoms with Gasteiger partial charge >= 0.3 is 0 Å². The van der Waals surface area contributed by atoms with E-state index in [0.717, 1.165) is 15.6 Å². The van der Waals surface area contributed by atoms with Crippen molar-refractivity contribution < 1.29 is 9.50 Å². The van der Waals surface area contributed by atoms with Crippen molar-refractivity contribution in [3.05, 3.63) is 70.9 Å². The van der Waals surface area contributed by atoms with Crippen LogP contribution >= 0.6 is 11.3 Å². The fourth-order valence-corrected chi connectivity index (χ4v) is 3.03. The van der Waals surface area contributed by atoms with Gasteiger partial charge in [0.1, 0.15) is 11.9 Å². The molecule has 1 heterocycles. The van der Waals surface area contributed by atoms with Crippen molar-refractivity contribution in [2.24, 2.45) is 0 Å². The smallest absolute Gasteiger partial charge is 0.123 e. The maximum Gasteiger partial charge on any atom is 0.123 e. The van der Waals surface area contributed by atoms with Gasteiger partial charge in [-0.05, 0) is 34.5 Å². The molecule has 0 aliphatic rings. The molecule has 2 aromatic carbocycles. The highest BCUT2D eigenvalue weighted by Crippen LogP contribution is 2.32. The number of hydrogen-bond acceptors (Lipinski definition) is 2. The van der Waals surface area contributed by atoms with E-state index >= 15 is 0 Å². The average Bonchev–Trinajstić information content (AvgIpc) is 2.86. The molecule has 1 aromatic heterocycles. The lowest BCUT2D eigenvalue weighted by atomic mass is 10.0. The standard InChI is InChI=1S/C15H11FOS/c16-12-5-1-4-11(9-12)14(17)13-6-2-3-10-7-8-18-15(10)13/h1-9,14,17H. The molecule has 0 aliphatic carbocycles. The van der Waals surface area contributed by atoms with Crippen molar-refractivity contribution in [3.63, 3.8) is 0 Å². The predicted molar refractivity (Wildman–Crippen MR) is 72.3 cm³/mol. The third-order valence-corrected chi connectivity index (χ3v) is 3.95. The molecule has 0 aliphatic heterocycles. The number of aliphatic hydroxyl groups is 1. The highest BCUT2D eigenvalue weighted by atomic mass is 32.1. The minimum atomic E-state index is -0.789. The normalized spacial score (nSPS) is 12.8. The lowest BCUT2D eigenvalue weighted by Gasteiger charge is -2.12. The van der Waals surface area contributed by atoms with E-state index in [1.807, 2.05) is 29.6 Å². The number of fused-ring (bicyclic) bond motifs is 1. The summed E-state index contributed by atoms with van der Waals surface area (Å²) in [5.74, 6) is -0.329. The van der Waals surface area contributed by atoms with Crippen LogP contribution < -0.4 is 0 Å². The zero-order valence-corrected chi connectivity index (χ0v) is 10.3. The van der Waals surface area contributed by atoms with Gasteiger partial charge in [-0.25, -0.2) is 4.39 Å². The van der Waals surface area contributed by atoms with Gasteiger partial charge in [-0.15, -0.1) is 11.3 Å². The molecular weight excluding hydrogens is 247 g/mol. The van der Waals surface area contributed by atoms with E-state index in [0.29, 0.717) is 5.56 Å². The molecular formula is C15H11FOS. The van der Waals surface area contributed by atoms with Gasteiger partial charge in [-0.2, -0.15) is 0 Å². The molecule has 1 nitrogen and oxygen atoms in total. The SMILES string of the molecule is OC(c1cccc(F)c1)c1cccc2ccsc12. The minimum absolute atomic E-state index is 0.329. The molecule has 1 N–H and O–H groups in total. The summed E-state index contributed by atoms with van der Waals surface area (Å²) in [5.41, 5.74) is 1.41. The Bertz CT molecular complexity index is 690. The van der Waals surface area contributed by atoms with Crippen LogP contribution in [-0.4, -0.2) is 5.11 Å². The summed E-state index contributed by atoms with van der Waals surface area (Å²) in [7, 11) is 0. The van der Waals surface area contributed by atoms with Gasteiger partial charge in [-0.3, -0.25) is 0 Å². The van der Waals surface area contributed by atoms with Gasteiger partial charge in [0, 0.05) is 10.3 Å². The Kier molecular flexibility index (Phi) is 2.86. The van der Waals surface area contributed by atoms with Crippen LogP contribution in [0.1, 0.15) is 17.2 Å². The largest absolute Gasteiger partial charge is 0.384 e. The molecule has 0 saturated carbocycles. The van der Waals surface area contributed by atoms with Crippen LogP contribution in [0.3, 0.4) is 0 Å². The third-order valence-electron chi connectivity index (χ3n) is 2.97. The van der Waals surface area contributed by atoms with Gasteiger partial charge in [0.05, 0.1) is 0 Å². The van der Waals surface area contributed by atoms with Crippen molar-refractivity contribution in [2.45, 2.75) is 6.10 Å². The van der Waals surface area contributed by atoms with Gasteiger partial charge in [0.15, 0.2) is 0 Å². The fourth-order valence-electron chi connectivity index (χ4n) is 2.09. The Morgan fingerprint density at radius 1 is 1.06 bits per heavy atom. The minimum Gasteiger partial charge on any atom is -0.384 e. The van der Waals surface area contributed by atoms with Crippen molar-refractivity contribution in [3.8, 4) is 0 Å². The molecule has 0 amide bonds. The first-order valence-corrected chi connectivity index (χ1v) is 6.53. The fraction of sp³-hybridized carbons (Fsp3) is 0.0667. The topological polar surface area (TPSA) is 20.2 Å². The quantitative estimate of drug-likeness (QED) is 0.733. The molecule has 0 spiro atoms. The summed E-state index contributed by atoms with van der Waals surface area (Å²) >= 11 is 1.59. The predicted octanol–water partition coefficient (Wildman–Crippen LogP) is 4.12. The first-order valence-electron chi connectivity index (χ1n) is 5.65. The van der Waals surface area contributed by atoms with Gasteiger partial charge in [-0.1, -0.05) is 30.3 Å². The summed E-state index contributed by atoms with van der Waals surface area (Å²) in [6.07, 6.45) is -0.789. The molecule has 0 radical (unpaired) electrons. The lowest BCUT2D eigenvalue weighted by molar-refractivity contribution is 0.221. The van der Waals surface area contributed by atoms with Gasteiger partial charge in [0.2, 0.25) is 0 Å². The average molecular weight is 258 g/mol. The van der Waals surface area contributed by atoms with Crippen molar-refractivity contribution >= 4 is 21.4 Å². The Labute approximate surface area is 108 Å². The lowest BCUT2D eigenvalue weighted by Crippen LogP contribution is -2.00. The van der Waals surface area contributed by atoms with Crippen LogP contribution in [-0.2, 0) is 0 Å². The van der Waals surface area contributed by atoms with Crippen molar-refractivity contribution in [1.29, 1.82) is 0 Å². The molecule has 1 unspecified atom stereocenters. The van der Waals surface area contributed by atoms with Crippen LogP contribution in [0.2, 0.25) is 0 Å². The molecule has 3 heteroatoms. The Morgan fingerprint density at radius 3 is 2.72 bits per heavy atom. The summed E-state index contributed by atoms with van der Waals surface area (Å²) in [5, 5.41) is 13.5. The van der Waals surface area contributed by atoms with E-state index in [4.69, 9.17) is 0 Å². The molecule has 0 saturated heterocycles. The highest BCUT2D eigenvalue weighted by Gasteiger charge is 2.14. The summed E-state index contributed by atoms with van der Waals surface area (Å²) in [4.78, 5) is 0. The summed E-state index contributed by atoms with van der Waals surface area (Å²) in [6.45, 7) is 0. The zero-order valence-electron chi connectivity index (χ0n) is 9.51. The van der Waals surface area contributed by atoms with Gasteiger partial charge in [0.25, 0.3) is 0 Å². The number of aliphatic hydroxyl groups excluding tert-OH is 1. The Hall–Kier alpha value is -1.71. The molecule has 1 atom stereocenters. The number of thiophene rings is 1. The van der Waals surface area contributed by atoms with Crippen LogP contribution in [0.4, 0.5) is 4.39 Å². The van der Waals surface area contributed by atoms with E-state index in [2.05, 4.69) is 0 Å². The molecule has 90 valence electrons. The maximum atomic E-state index is 13.2. The monoisotopic (exact) mass is 258 g/mol. The first-order chi connectivity index (χ1) is 8.75. The Morgan fingerprint density at radius 2 is 1.89 bits per heavy atom.